The van der Waals surface area contributed by atoms with Gasteiger partial charge in [0.25, 0.3) is 0 Å². The van der Waals surface area contributed by atoms with E-state index in [9.17, 15) is 0 Å². The molecule has 0 saturated heterocycles. The molecular formula is C17H19N5O2. The highest BCUT2D eigenvalue weighted by Crippen LogP contribution is 2.31. The molecule has 0 radical (unpaired) electrons. The zero-order valence-electron chi connectivity index (χ0n) is 13.6. The SMILES string of the molecule is CCOc1ccc([C@H](N)c2nc(-c3ccccn3)n[nH]2)cc1OC. The van der Waals surface area contributed by atoms with Crippen LogP contribution < -0.4 is 15.2 Å². The first-order chi connectivity index (χ1) is 11.7. The molecule has 7 nitrogen and oxygen atoms in total. The maximum Gasteiger partial charge on any atom is 0.199 e. The van der Waals surface area contributed by atoms with Crippen LogP contribution in [0.3, 0.4) is 0 Å². The summed E-state index contributed by atoms with van der Waals surface area (Å²) < 4.78 is 10.9. The minimum absolute atomic E-state index is 0.459. The Labute approximate surface area is 139 Å². The van der Waals surface area contributed by atoms with Crippen LogP contribution in [0.5, 0.6) is 11.5 Å². The lowest BCUT2D eigenvalue weighted by Crippen LogP contribution is -2.14. The van der Waals surface area contributed by atoms with E-state index in [1.165, 1.54) is 0 Å². The van der Waals surface area contributed by atoms with Crippen LogP contribution >= 0.6 is 0 Å². The van der Waals surface area contributed by atoms with E-state index in [1.807, 2.05) is 43.3 Å². The molecule has 3 aromatic rings. The molecule has 3 N–H and O–H groups in total. The molecule has 0 aliphatic carbocycles. The number of aromatic nitrogens is 4. The molecule has 0 spiro atoms. The van der Waals surface area contributed by atoms with Gasteiger partial charge in [0.1, 0.15) is 11.5 Å². The van der Waals surface area contributed by atoms with Gasteiger partial charge < -0.3 is 15.2 Å². The monoisotopic (exact) mass is 325 g/mol. The quantitative estimate of drug-likeness (QED) is 0.721. The number of benzene rings is 1. The summed E-state index contributed by atoms with van der Waals surface area (Å²) in [5.74, 6) is 2.39. The average molecular weight is 325 g/mol. The molecule has 2 aromatic heterocycles. The van der Waals surface area contributed by atoms with Crippen LogP contribution in [0.4, 0.5) is 0 Å². The molecule has 24 heavy (non-hydrogen) atoms. The van der Waals surface area contributed by atoms with Gasteiger partial charge in [-0.2, -0.15) is 5.10 Å². The van der Waals surface area contributed by atoms with E-state index in [1.54, 1.807) is 13.3 Å². The van der Waals surface area contributed by atoms with Crippen molar-refractivity contribution in [1.82, 2.24) is 20.2 Å². The lowest BCUT2D eigenvalue weighted by Gasteiger charge is -2.13. The number of nitrogens with two attached hydrogens (primary N) is 1. The third-order valence-electron chi connectivity index (χ3n) is 3.54. The molecule has 0 aliphatic heterocycles. The minimum atomic E-state index is -0.459. The Bertz CT molecular complexity index is 804. The molecule has 7 heteroatoms. The minimum Gasteiger partial charge on any atom is -0.493 e. The Morgan fingerprint density at radius 3 is 2.79 bits per heavy atom. The smallest absolute Gasteiger partial charge is 0.199 e. The fraction of sp³-hybridized carbons (Fsp3) is 0.235. The summed E-state index contributed by atoms with van der Waals surface area (Å²) in [5, 5.41) is 7.07. The van der Waals surface area contributed by atoms with Crippen LogP contribution in [-0.2, 0) is 0 Å². The van der Waals surface area contributed by atoms with Crippen LogP contribution in [0.2, 0.25) is 0 Å². The van der Waals surface area contributed by atoms with Crippen LogP contribution in [-0.4, -0.2) is 33.9 Å². The fourth-order valence-corrected chi connectivity index (χ4v) is 2.33. The number of ether oxygens (including phenoxy) is 2. The summed E-state index contributed by atoms with van der Waals surface area (Å²) in [6.45, 7) is 2.49. The number of pyridine rings is 1. The largest absolute Gasteiger partial charge is 0.493 e. The van der Waals surface area contributed by atoms with E-state index >= 15 is 0 Å². The van der Waals surface area contributed by atoms with Crippen LogP contribution in [0.25, 0.3) is 11.5 Å². The Balaban J connectivity index is 1.87. The predicted molar refractivity (Wildman–Crippen MR) is 89.8 cm³/mol. The van der Waals surface area contributed by atoms with E-state index < -0.39 is 6.04 Å². The van der Waals surface area contributed by atoms with Crippen molar-refractivity contribution in [1.29, 1.82) is 0 Å². The number of nitrogens with one attached hydrogen (secondary N) is 1. The van der Waals surface area contributed by atoms with Gasteiger partial charge in [0.15, 0.2) is 17.3 Å². The number of H-pyrrole nitrogens is 1. The molecule has 1 atom stereocenters. The van der Waals surface area contributed by atoms with Crippen LogP contribution in [0.15, 0.2) is 42.6 Å². The number of hydrogen-bond donors (Lipinski definition) is 2. The van der Waals surface area contributed by atoms with Crippen LogP contribution in [0, 0.1) is 0 Å². The molecule has 0 amide bonds. The second-order valence-electron chi connectivity index (χ2n) is 5.08. The molecule has 0 saturated carbocycles. The second-order valence-corrected chi connectivity index (χ2v) is 5.08. The number of methoxy groups -OCH3 is 1. The third kappa shape index (κ3) is 3.21. The first-order valence-electron chi connectivity index (χ1n) is 7.63. The highest BCUT2D eigenvalue weighted by Gasteiger charge is 2.17. The molecule has 0 aliphatic rings. The average Bonchev–Trinajstić information content (AvgIpc) is 3.12. The standard InChI is InChI=1S/C17H19N5O2/c1-3-24-13-8-7-11(10-14(13)23-2)15(18)17-20-16(21-22-17)12-6-4-5-9-19-12/h4-10,15H,3,18H2,1-2H3,(H,20,21,22)/t15-/m0/s1. The van der Waals surface area contributed by atoms with Gasteiger partial charge in [0, 0.05) is 6.20 Å². The van der Waals surface area contributed by atoms with Crippen molar-refractivity contribution in [2.24, 2.45) is 5.73 Å². The predicted octanol–water partition coefficient (Wildman–Crippen LogP) is 2.32. The summed E-state index contributed by atoms with van der Waals surface area (Å²) in [6, 6.07) is 10.7. The third-order valence-corrected chi connectivity index (χ3v) is 3.54. The lowest BCUT2D eigenvalue weighted by molar-refractivity contribution is 0.310. The Kier molecular flexibility index (Phi) is 4.72. The Hall–Kier alpha value is -2.93. The van der Waals surface area contributed by atoms with Gasteiger partial charge in [0.05, 0.1) is 19.8 Å². The van der Waals surface area contributed by atoms with Gasteiger partial charge in [-0.05, 0) is 36.8 Å². The van der Waals surface area contributed by atoms with E-state index in [0.717, 1.165) is 5.56 Å². The lowest BCUT2D eigenvalue weighted by atomic mass is 10.1. The van der Waals surface area contributed by atoms with Gasteiger partial charge >= 0.3 is 0 Å². The molecule has 1 aromatic carbocycles. The maximum atomic E-state index is 6.30. The zero-order valence-corrected chi connectivity index (χ0v) is 13.6. The van der Waals surface area contributed by atoms with Gasteiger partial charge in [-0.1, -0.05) is 12.1 Å². The van der Waals surface area contributed by atoms with Crippen molar-refractivity contribution in [3.63, 3.8) is 0 Å². The van der Waals surface area contributed by atoms with Crippen LogP contribution in [0.1, 0.15) is 24.4 Å². The van der Waals surface area contributed by atoms with Gasteiger partial charge in [-0.15, -0.1) is 0 Å². The van der Waals surface area contributed by atoms with E-state index in [0.29, 0.717) is 35.4 Å². The second kappa shape index (κ2) is 7.10. The summed E-state index contributed by atoms with van der Waals surface area (Å²) in [4.78, 5) is 8.68. The highest BCUT2D eigenvalue weighted by atomic mass is 16.5. The van der Waals surface area contributed by atoms with Gasteiger partial charge in [-0.3, -0.25) is 10.1 Å². The van der Waals surface area contributed by atoms with Crippen molar-refractivity contribution in [3.05, 3.63) is 54.0 Å². The van der Waals surface area contributed by atoms with E-state index in [2.05, 4.69) is 20.2 Å². The summed E-state index contributed by atoms with van der Waals surface area (Å²) >= 11 is 0. The maximum absolute atomic E-state index is 6.30. The molecule has 124 valence electrons. The first kappa shape index (κ1) is 15.9. The molecule has 3 rings (SSSR count). The first-order valence-corrected chi connectivity index (χ1v) is 7.63. The van der Waals surface area contributed by atoms with Crippen molar-refractivity contribution in [2.75, 3.05) is 13.7 Å². The molecule has 2 heterocycles. The van der Waals surface area contributed by atoms with E-state index in [4.69, 9.17) is 15.2 Å². The normalized spacial score (nSPS) is 12.0. The summed E-state index contributed by atoms with van der Waals surface area (Å²) in [7, 11) is 1.60. The van der Waals surface area contributed by atoms with E-state index in [-0.39, 0.29) is 0 Å². The number of rotatable bonds is 6. The fourth-order valence-electron chi connectivity index (χ4n) is 2.33. The Morgan fingerprint density at radius 2 is 2.08 bits per heavy atom. The van der Waals surface area contributed by atoms with Gasteiger partial charge in [-0.25, -0.2) is 4.98 Å². The topological polar surface area (TPSA) is 98.9 Å². The number of hydrogen-bond acceptors (Lipinski definition) is 6. The molecule has 0 unspecified atom stereocenters. The molecular weight excluding hydrogens is 306 g/mol. The van der Waals surface area contributed by atoms with Gasteiger partial charge in [0.2, 0.25) is 0 Å². The zero-order chi connectivity index (χ0) is 16.9. The van der Waals surface area contributed by atoms with Crippen molar-refractivity contribution >= 4 is 0 Å². The Morgan fingerprint density at radius 1 is 1.21 bits per heavy atom. The number of aromatic amines is 1. The van der Waals surface area contributed by atoms with Crippen molar-refractivity contribution < 1.29 is 9.47 Å². The summed E-state index contributed by atoms with van der Waals surface area (Å²) in [6.07, 6.45) is 1.70. The summed E-state index contributed by atoms with van der Waals surface area (Å²) in [5.41, 5.74) is 7.84. The van der Waals surface area contributed by atoms with Crippen molar-refractivity contribution in [3.8, 4) is 23.0 Å². The number of nitrogens with zero attached hydrogens (tertiary/aromatic N) is 3. The highest BCUT2D eigenvalue weighted by molar-refractivity contribution is 5.49. The molecule has 0 bridgehead atoms. The molecule has 0 fully saturated rings. The van der Waals surface area contributed by atoms with Crippen molar-refractivity contribution in [2.45, 2.75) is 13.0 Å².